The minimum Gasteiger partial charge on any atom is -0.311 e. The van der Waals surface area contributed by atoms with Gasteiger partial charge in [0.1, 0.15) is 0 Å². The van der Waals surface area contributed by atoms with E-state index in [4.69, 9.17) is 0 Å². The molecule has 0 saturated heterocycles. The highest BCUT2D eigenvalue weighted by molar-refractivity contribution is 6.25. The zero-order chi connectivity index (χ0) is 32.6. The maximum atomic E-state index is 2.36. The van der Waals surface area contributed by atoms with Gasteiger partial charge >= 0.3 is 0 Å². The third-order valence-electron chi connectivity index (χ3n) is 9.67. The minimum atomic E-state index is 1.11. The lowest BCUT2D eigenvalue weighted by atomic mass is 9.92. The smallest absolute Gasteiger partial charge is 0.0462 e. The predicted octanol–water partition coefficient (Wildman–Crippen LogP) is 13.6. The van der Waals surface area contributed by atoms with E-state index in [-0.39, 0.29) is 0 Å². The van der Waals surface area contributed by atoms with Crippen LogP contribution < -0.4 is 4.90 Å². The normalized spacial score (nSPS) is 11.3. The van der Waals surface area contributed by atoms with Crippen LogP contribution in [0.4, 0.5) is 17.1 Å². The van der Waals surface area contributed by atoms with Crippen molar-refractivity contribution in [3.63, 3.8) is 0 Å². The molecular weight excluding hydrogens is 591 g/mol. The van der Waals surface area contributed by atoms with Gasteiger partial charge in [0, 0.05) is 17.1 Å². The number of nitrogens with zero attached hydrogens (tertiary/aromatic N) is 1. The van der Waals surface area contributed by atoms with E-state index in [1.807, 2.05) is 0 Å². The van der Waals surface area contributed by atoms with E-state index in [9.17, 15) is 0 Å². The number of anilines is 3. The SMILES string of the molecule is c1ccc(-c2ccc(N(c3ccc(-c4ccccc4)cc3)c3ccc(-c4ccc5c6ccccc6c6ccccc6c5c4)cc3)cc2)cc1. The Hall–Kier alpha value is -6.44. The van der Waals surface area contributed by atoms with Crippen LogP contribution >= 0.6 is 0 Å². The van der Waals surface area contributed by atoms with Gasteiger partial charge in [-0.15, -0.1) is 0 Å². The number of rotatable bonds is 6. The molecule has 1 heteroatoms. The summed E-state index contributed by atoms with van der Waals surface area (Å²) < 4.78 is 0. The Morgan fingerprint density at radius 2 is 0.490 bits per heavy atom. The fraction of sp³-hybridized carbons (Fsp3) is 0. The van der Waals surface area contributed by atoms with Gasteiger partial charge in [-0.2, -0.15) is 0 Å². The molecular formula is C48H33N. The van der Waals surface area contributed by atoms with Gasteiger partial charge in [-0.05, 0) is 108 Å². The topological polar surface area (TPSA) is 3.24 Å². The molecule has 1 nitrogen and oxygen atoms in total. The van der Waals surface area contributed by atoms with Crippen LogP contribution in [0.25, 0.3) is 65.7 Å². The van der Waals surface area contributed by atoms with Gasteiger partial charge in [0.25, 0.3) is 0 Å². The predicted molar refractivity (Wildman–Crippen MR) is 210 cm³/mol. The summed E-state index contributed by atoms with van der Waals surface area (Å²) in [6.45, 7) is 0. The van der Waals surface area contributed by atoms with Crippen LogP contribution in [0.2, 0.25) is 0 Å². The van der Waals surface area contributed by atoms with Crippen molar-refractivity contribution in [3.8, 4) is 33.4 Å². The minimum absolute atomic E-state index is 1.11. The van der Waals surface area contributed by atoms with Crippen molar-refractivity contribution >= 4 is 49.4 Å². The molecule has 9 rings (SSSR count). The monoisotopic (exact) mass is 623 g/mol. The average molecular weight is 624 g/mol. The van der Waals surface area contributed by atoms with E-state index in [0.717, 1.165) is 17.1 Å². The van der Waals surface area contributed by atoms with Gasteiger partial charge in [0.05, 0.1) is 0 Å². The van der Waals surface area contributed by atoms with Crippen molar-refractivity contribution in [2.24, 2.45) is 0 Å². The molecule has 0 aliphatic carbocycles. The van der Waals surface area contributed by atoms with Crippen LogP contribution in [-0.4, -0.2) is 0 Å². The van der Waals surface area contributed by atoms with E-state index < -0.39 is 0 Å². The van der Waals surface area contributed by atoms with Crippen LogP contribution in [0.3, 0.4) is 0 Å². The Balaban J connectivity index is 1.12. The van der Waals surface area contributed by atoms with Crippen molar-refractivity contribution in [1.29, 1.82) is 0 Å². The van der Waals surface area contributed by atoms with E-state index in [0.29, 0.717) is 0 Å². The highest BCUT2D eigenvalue weighted by atomic mass is 15.1. The van der Waals surface area contributed by atoms with Gasteiger partial charge in [-0.25, -0.2) is 0 Å². The first-order valence-electron chi connectivity index (χ1n) is 16.8. The molecule has 49 heavy (non-hydrogen) atoms. The van der Waals surface area contributed by atoms with Gasteiger partial charge in [0.2, 0.25) is 0 Å². The summed E-state index contributed by atoms with van der Waals surface area (Å²) in [5.41, 5.74) is 10.6. The zero-order valence-electron chi connectivity index (χ0n) is 27.0. The second kappa shape index (κ2) is 12.3. The highest BCUT2D eigenvalue weighted by Gasteiger charge is 2.15. The van der Waals surface area contributed by atoms with Crippen molar-refractivity contribution in [1.82, 2.24) is 0 Å². The largest absolute Gasteiger partial charge is 0.311 e. The second-order valence-electron chi connectivity index (χ2n) is 12.6. The van der Waals surface area contributed by atoms with Crippen molar-refractivity contribution in [2.45, 2.75) is 0 Å². The Morgan fingerprint density at radius 1 is 0.204 bits per heavy atom. The van der Waals surface area contributed by atoms with Crippen LogP contribution in [0.1, 0.15) is 0 Å². The molecule has 0 radical (unpaired) electrons. The maximum absolute atomic E-state index is 2.36. The first-order chi connectivity index (χ1) is 24.3. The molecule has 0 aliphatic heterocycles. The molecule has 0 bridgehead atoms. The summed E-state index contributed by atoms with van der Waals surface area (Å²) in [6, 6.07) is 72.3. The third kappa shape index (κ3) is 5.32. The molecule has 0 amide bonds. The lowest BCUT2D eigenvalue weighted by Crippen LogP contribution is -2.09. The summed E-state index contributed by atoms with van der Waals surface area (Å²) in [5, 5.41) is 7.76. The fourth-order valence-electron chi connectivity index (χ4n) is 7.20. The highest BCUT2D eigenvalue weighted by Crippen LogP contribution is 2.40. The second-order valence-corrected chi connectivity index (χ2v) is 12.6. The number of benzene rings is 9. The first-order valence-corrected chi connectivity index (χ1v) is 16.8. The lowest BCUT2D eigenvalue weighted by molar-refractivity contribution is 1.28. The van der Waals surface area contributed by atoms with Crippen molar-refractivity contribution in [2.75, 3.05) is 4.90 Å². The molecule has 230 valence electrons. The molecule has 0 heterocycles. The number of fused-ring (bicyclic) bond motifs is 6. The Bertz CT molecular complexity index is 2430. The summed E-state index contributed by atoms with van der Waals surface area (Å²) in [4.78, 5) is 2.34. The molecule has 0 N–H and O–H groups in total. The molecule has 0 unspecified atom stereocenters. The quantitative estimate of drug-likeness (QED) is 0.167. The molecule has 0 atom stereocenters. The Labute approximate surface area is 287 Å². The van der Waals surface area contributed by atoms with Gasteiger partial charge < -0.3 is 4.90 Å². The molecule has 0 spiro atoms. The Kier molecular flexibility index (Phi) is 7.22. The zero-order valence-corrected chi connectivity index (χ0v) is 27.0. The van der Waals surface area contributed by atoms with E-state index in [1.165, 1.54) is 65.7 Å². The fourth-order valence-corrected chi connectivity index (χ4v) is 7.20. The average Bonchev–Trinajstić information content (AvgIpc) is 3.19. The van der Waals surface area contributed by atoms with E-state index >= 15 is 0 Å². The van der Waals surface area contributed by atoms with Crippen molar-refractivity contribution < 1.29 is 0 Å². The number of hydrogen-bond donors (Lipinski definition) is 0. The number of hydrogen-bond acceptors (Lipinski definition) is 1. The lowest BCUT2D eigenvalue weighted by Gasteiger charge is -2.26. The van der Waals surface area contributed by atoms with Crippen LogP contribution in [-0.2, 0) is 0 Å². The van der Waals surface area contributed by atoms with E-state index in [2.05, 4.69) is 205 Å². The molecule has 0 aliphatic rings. The van der Waals surface area contributed by atoms with Crippen molar-refractivity contribution in [3.05, 3.63) is 200 Å². The molecule has 9 aromatic rings. The molecule has 0 fully saturated rings. The third-order valence-corrected chi connectivity index (χ3v) is 9.67. The summed E-state index contributed by atoms with van der Waals surface area (Å²) >= 11 is 0. The molecule has 9 aromatic carbocycles. The first kappa shape index (κ1) is 28.8. The standard InChI is InChI=1S/C48H33N/c1-3-11-34(12-4-1)36-19-26-40(27-20-36)49(41-28-21-37(22-29-41)35-13-5-2-6-14-35)42-30-23-38(24-31-42)39-25-32-47-45-17-8-7-15-43(45)44-16-9-10-18-46(44)48(47)33-39/h1-33H. The Morgan fingerprint density at radius 3 is 0.898 bits per heavy atom. The molecule has 0 saturated carbocycles. The molecule has 0 aromatic heterocycles. The van der Waals surface area contributed by atoms with E-state index in [1.54, 1.807) is 0 Å². The maximum Gasteiger partial charge on any atom is 0.0462 e. The van der Waals surface area contributed by atoms with Crippen LogP contribution in [0.5, 0.6) is 0 Å². The van der Waals surface area contributed by atoms with Gasteiger partial charge in [-0.3, -0.25) is 0 Å². The summed E-state index contributed by atoms with van der Waals surface area (Å²) in [6.07, 6.45) is 0. The van der Waals surface area contributed by atoms with Crippen LogP contribution in [0.15, 0.2) is 200 Å². The van der Waals surface area contributed by atoms with Gasteiger partial charge in [-0.1, -0.05) is 158 Å². The van der Waals surface area contributed by atoms with Gasteiger partial charge in [0.15, 0.2) is 0 Å². The van der Waals surface area contributed by atoms with Crippen LogP contribution in [0, 0.1) is 0 Å². The summed E-state index contributed by atoms with van der Waals surface area (Å²) in [5.74, 6) is 0. The summed E-state index contributed by atoms with van der Waals surface area (Å²) in [7, 11) is 0.